The van der Waals surface area contributed by atoms with Gasteiger partial charge in [0.15, 0.2) is 0 Å². The van der Waals surface area contributed by atoms with E-state index in [2.05, 4.69) is 0 Å². The highest BCUT2D eigenvalue weighted by atomic mass is 35.5. The van der Waals surface area contributed by atoms with Crippen molar-refractivity contribution in [3.8, 4) is 0 Å². The fourth-order valence-corrected chi connectivity index (χ4v) is 4.32. The van der Waals surface area contributed by atoms with E-state index in [0.29, 0.717) is 30.0 Å². The summed E-state index contributed by atoms with van der Waals surface area (Å²) in [5.41, 5.74) is -5.47. The van der Waals surface area contributed by atoms with E-state index < -0.39 is 39.7 Å². The third kappa shape index (κ3) is 7.13. The molecule has 1 aliphatic heterocycles. The number of hydrogen-bond donors (Lipinski definition) is 1. The minimum atomic E-state index is -5.53. The van der Waals surface area contributed by atoms with Gasteiger partial charge in [0, 0.05) is 19.6 Å². The zero-order valence-corrected chi connectivity index (χ0v) is 19.6. The number of halogens is 5. The monoisotopic (exact) mass is 504 g/mol. The molecule has 6 nitrogen and oxygen atoms in total. The van der Waals surface area contributed by atoms with Crippen molar-refractivity contribution in [3.05, 3.63) is 33.8 Å². The third-order valence-corrected chi connectivity index (χ3v) is 6.73. The van der Waals surface area contributed by atoms with Gasteiger partial charge in [-0.3, -0.25) is 0 Å². The molecule has 0 radical (unpaired) electrons. The van der Waals surface area contributed by atoms with Crippen molar-refractivity contribution in [1.29, 1.82) is 0 Å². The molecule has 12 heteroatoms. The van der Waals surface area contributed by atoms with Crippen LogP contribution in [0.15, 0.2) is 18.2 Å². The summed E-state index contributed by atoms with van der Waals surface area (Å²) in [5, 5.41) is 0.603. The Morgan fingerprint density at radius 2 is 1.87 bits per heavy atom. The number of carbonyl (C=O) groups is 1. The van der Waals surface area contributed by atoms with E-state index in [1.807, 2.05) is 0 Å². The van der Waals surface area contributed by atoms with Crippen LogP contribution in [-0.4, -0.2) is 50.2 Å². The first-order valence-electron chi connectivity index (χ1n) is 9.59. The van der Waals surface area contributed by atoms with E-state index >= 15 is 0 Å². The topological polar surface area (TPSA) is 75.7 Å². The molecular formula is C19H25Cl2F3N2O4S. The molecule has 1 saturated heterocycles. The fraction of sp³-hybridized carbons (Fsp3) is 0.632. The van der Waals surface area contributed by atoms with Crippen molar-refractivity contribution in [3.63, 3.8) is 0 Å². The molecular weight excluding hydrogens is 480 g/mol. The van der Waals surface area contributed by atoms with Gasteiger partial charge in [0.2, 0.25) is 0 Å². The molecule has 0 bridgehead atoms. The highest BCUT2D eigenvalue weighted by molar-refractivity contribution is 7.90. The smallest absolute Gasteiger partial charge is 0.444 e. The molecule has 176 valence electrons. The number of nitrogens with zero attached hydrogens (tertiary/aromatic N) is 1. The Balaban J connectivity index is 2.32. The predicted octanol–water partition coefficient (Wildman–Crippen LogP) is 5.16. The van der Waals surface area contributed by atoms with Gasteiger partial charge in [-0.15, -0.1) is 0 Å². The number of alkyl halides is 3. The zero-order chi connectivity index (χ0) is 23.6. The van der Waals surface area contributed by atoms with Crippen molar-refractivity contribution in [2.75, 3.05) is 19.6 Å². The summed E-state index contributed by atoms with van der Waals surface area (Å²) >= 11 is 12.1. The second-order valence-electron chi connectivity index (χ2n) is 8.41. The molecule has 1 N–H and O–H groups in total. The molecule has 2 atom stereocenters. The van der Waals surface area contributed by atoms with Gasteiger partial charge in [-0.05, 0) is 63.1 Å². The number of ether oxygens (including phenoxy) is 1. The minimum absolute atomic E-state index is 0.0141. The van der Waals surface area contributed by atoms with Crippen molar-refractivity contribution in [1.82, 2.24) is 9.62 Å². The van der Waals surface area contributed by atoms with Crippen molar-refractivity contribution in [2.24, 2.45) is 5.92 Å². The van der Waals surface area contributed by atoms with Gasteiger partial charge in [-0.25, -0.2) is 17.9 Å². The summed E-state index contributed by atoms with van der Waals surface area (Å²) in [6.45, 7) is 4.95. The summed E-state index contributed by atoms with van der Waals surface area (Å²) in [5.74, 6) is -0.998. The number of carbonyl (C=O) groups excluding carboxylic acids is 1. The summed E-state index contributed by atoms with van der Waals surface area (Å²) < 4.78 is 68.5. The lowest BCUT2D eigenvalue weighted by Gasteiger charge is -2.31. The van der Waals surface area contributed by atoms with E-state index in [0.717, 1.165) is 0 Å². The standard InChI is InChI=1S/C19H25Cl2F3N2O4S/c1-18(2,3)30-17(27)26-8-4-5-14(12-6-7-15(20)16(21)9-12)13(11-26)10-25-31(28,29)19(22,23)24/h6-7,9,13-14,25H,4-5,8,10-11H2,1-3H3. The molecule has 2 rings (SSSR count). The van der Waals surface area contributed by atoms with Crippen LogP contribution in [0.4, 0.5) is 18.0 Å². The number of rotatable bonds is 4. The Kier molecular flexibility index (Phi) is 8.16. The Labute approximate surface area is 190 Å². The fourth-order valence-electron chi connectivity index (χ4n) is 3.42. The summed E-state index contributed by atoms with van der Waals surface area (Å²) in [6.07, 6.45) is 0.452. The average Bonchev–Trinajstić information content (AvgIpc) is 2.83. The van der Waals surface area contributed by atoms with E-state index in [9.17, 15) is 26.4 Å². The van der Waals surface area contributed by atoms with Gasteiger partial charge < -0.3 is 9.64 Å². The zero-order valence-electron chi connectivity index (χ0n) is 17.3. The maximum atomic E-state index is 12.8. The van der Waals surface area contributed by atoms with Crippen LogP contribution in [0.3, 0.4) is 0 Å². The molecule has 1 amide bonds. The lowest BCUT2D eigenvalue weighted by molar-refractivity contribution is -0.0449. The molecule has 1 aromatic rings. The maximum absolute atomic E-state index is 12.8. The highest BCUT2D eigenvalue weighted by Crippen LogP contribution is 2.36. The molecule has 31 heavy (non-hydrogen) atoms. The lowest BCUT2D eigenvalue weighted by Crippen LogP contribution is -2.44. The van der Waals surface area contributed by atoms with Crippen molar-refractivity contribution in [2.45, 2.75) is 50.6 Å². The molecule has 1 aromatic carbocycles. The average molecular weight is 505 g/mol. The molecule has 2 unspecified atom stereocenters. The van der Waals surface area contributed by atoms with Crippen LogP contribution in [0.1, 0.15) is 45.1 Å². The molecule has 1 heterocycles. The quantitative estimate of drug-likeness (QED) is 0.613. The van der Waals surface area contributed by atoms with Crippen molar-refractivity contribution >= 4 is 39.3 Å². The van der Waals surface area contributed by atoms with Crippen LogP contribution in [0.25, 0.3) is 0 Å². The van der Waals surface area contributed by atoms with E-state index in [1.165, 1.54) is 4.90 Å². The van der Waals surface area contributed by atoms with Gasteiger partial charge in [-0.1, -0.05) is 29.3 Å². The van der Waals surface area contributed by atoms with Crippen LogP contribution in [-0.2, 0) is 14.8 Å². The maximum Gasteiger partial charge on any atom is 0.511 e. The van der Waals surface area contributed by atoms with Crippen LogP contribution < -0.4 is 4.72 Å². The van der Waals surface area contributed by atoms with Gasteiger partial charge in [0.05, 0.1) is 10.0 Å². The number of hydrogen-bond acceptors (Lipinski definition) is 4. The number of likely N-dealkylation sites (tertiary alicyclic amines) is 1. The van der Waals surface area contributed by atoms with Gasteiger partial charge in [0.1, 0.15) is 5.60 Å². The first-order valence-corrected chi connectivity index (χ1v) is 11.8. The third-order valence-electron chi connectivity index (χ3n) is 4.83. The summed E-state index contributed by atoms with van der Waals surface area (Å²) in [4.78, 5) is 14.0. The van der Waals surface area contributed by atoms with Crippen LogP contribution >= 0.6 is 23.2 Å². The first-order chi connectivity index (χ1) is 14.1. The number of benzene rings is 1. The molecule has 1 aliphatic rings. The van der Waals surface area contributed by atoms with E-state index in [-0.39, 0.29) is 17.5 Å². The SMILES string of the molecule is CC(C)(C)OC(=O)N1CCCC(c2ccc(Cl)c(Cl)c2)C(CNS(=O)(=O)C(F)(F)F)C1. The molecule has 1 fully saturated rings. The summed E-state index contributed by atoms with van der Waals surface area (Å²) in [6, 6.07) is 4.89. The van der Waals surface area contributed by atoms with Gasteiger partial charge >= 0.3 is 21.6 Å². The first kappa shape index (κ1) is 26.0. The number of amides is 1. The van der Waals surface area contributed by atoms with E-state index in [4.69, 9.17) is 27.9 Å². The minimum Gasteiger partial charge on any atom is -0.444 e. The Morgan fingerprint density at radius 3 is 2.42 bits per heavy atom. The Morgan fingerprint density at radius 1 is 1.23 bits per heavy atom. The number of nitrogens with one attached hydrogen (secondary N) is 1. The molecule has 0 aliphatic carbocycles. The van der Waals surface area contributed by atoms with Crippen molar-refractivity contribution < 1.29 is 31.1 Å². The predicted molar refractivity (Wildman–Crippen MR) is 113 cm³/mol. The van der Waals surface area contributed by atoms with Gasteiger partial charge in [-0.2, -0.15) is 13.2 Å². The normalized spacial score (nSPS) is 21.0. The highest BCUT2D eigenvalue weighted by Gasteiger charge is 2.46. The second kappa shape index (κ2) is 9.72. The molecule has 0 aromatic heterocycles. The van der Waals surface area contributed by atoms with E-state index in [1.54, 1.807) is 43.7 Å². The molecule has 0 saturated carbocycles. The number of sulfonamides is 1. The van der Waals surface area contributed by atoms with Crippen LogP contribution in [0.5, 0.6) is 0 Å². The van der Waals surface area contributed by atoms with Gasteiger partial charge in [0.25, 0.3) is 0 Å². The van der Waals surface area contributed by atoms with Crippen LogP contribution in [0, 0.1) is 5.92 Å². The molecule has 0 spiro atoms. The Bertz CT molecular complexity index is 904. The lowest BCUT2D eigenvalue weighted by atomic mass is 9.83. The summed E-state index contributed by atoms with van der Waals surface area (Å²) in [7, 11) is -5.53. The Hall–Kier alpha value is -1.23. The second-order valence-corrected chi connectivity index (χ2v) is 11.0. The van der Waals surface area contributed by atoms with Crippen LogP contribution in [0.2, 0.25) is 10.0 Å². The largest absolute Gasteiger partial charge is 0.511 e.